The number of imide groups is 1. The second kappa shape index (κ2) is 6.22. The van der Waals surface area contributed by atoms with Gasteiger partial charge in [-0.15, -0.1) is 0 Å². The summed E-state index contributed by atoms with van der Waals surface area (Å²) < 4.78 is 22.2. The Morgan fingerprint density at radius 2 is 1.73 bits per heavy atom. The number of anilines is 1. The number of carbonyl (C=O) groups is 3. The second-order valence-electron chi connectivity index (χ2n) is 4.87. The van der Waals surface area contributed by atoms with Gasteiger partial charge in [-0.05, 0) is 24.3 Å². The Morgan fingerprint density at radius 1 is 1.18 bits per heavy atom. The van der Waals surface area contributed by atoms with E-state index in [2.05, 4.69) is 10.6 Å². The van der Waals surface area contributed by atoms with Gasteiger partial charge in [0, 0.05) is 5.69 Å². The predicted octanol–water partition coefficient (Wildman–Crippen LogP) is -3.19. The first-order valence-electron chi connectivity index (χ1n) is 6.33. The van der Waals surface area contributed by atoms with Gasteiger partial charge in [0.2, 0.25) is 10.0 Å². The van der Waals surface area contributed by atoms with Crippen LogP contribution in [-0.4, -0.2) is 45.8 Å². The van der Waals surface area contributed by atoms with Crippen LogP contribution in [0.3, 0.4) is 0 Å². The molecule has 0 radical (unpaired) electrons. The molecule has 5 N–H and O–H groups in total. The topological polar surface area (TPSA) is 140 Å². The normalized spacial score (nSPS) is 16.2. The van der Waals surface area contributed by atoms with Crippen molar-refractivity contribution < 1.29 is 27.7 Å². The number of quaternary nitrogens is 1. The Hall–Kier alpha value is -2.30. The Bertz CT molecular complexity index is 698. The lowest BCUT2D eigenvalue weighted by atomic mass is 10.3. The molecule has 1 aromatic carbocycles. The number of benzene rings is 1. The van der Waals surface area contributed by atoms with Gasteiger partial charge in [0.1, 0.15) is 0 Å². The molecule has 0 saturated carbocycles. The highest BCUT2D eigenvalue weighted by atomic mass is 32.2. The average molecular weight is 327 g/mol. The lowest BCUT2D eigenvalue weighted by Crippen LogP contribution is -3.17. The summed E-state index contributed by atoms with van der Waals surface area (Å²) >= 11 is 0. The maximum absolute atomic E-state index is 11.9. The number of sulfonamides is 1. The molecule has 22 heavy (non-hydrogen) atoms. The van der Waals surface area contributed by atoms with Crippen LogP contribution in [0.1, 0.15) is 0 Å². The van der Waals surface area contributed by atoms with Gasteiger partial charge in [0.15, 0.2) is 19.6 Å². The zero-order chi connectivity index (χ0) is 16.3. The van der Waals surface area contributed by atoms with Gasteiger partial charge in [-0.1, -0.05) is 0 Å². The van der Waals surface area contributed by atoms with Crippen LogP contribution in [0.4, 0.5) is 5.69 Å². The SMILES string of the molecule is NS(=O)(=O)c1ccc(NC(=O)C[NH+]2CC(=O)NC(=O)C2)cc1. The van der Waals surface area contributed by atoms with Gasteiger partial charge in [-0.2, -0.15) is 0 Å². The smallest absolute Gasteiger partial charge is 0.281 e. The number of carbonyl (C=O) groups excluding carboxylic acids is 3. The van der Waals surface area contributed by atoms with E-state index in [1.807, 2.05) is 0 Å². The Morgan fingerprint density at radius 3 is 2.23 bits per heavy atom. The molecule has 0 bridgehead atoms. The largest absolute Gasteiger partial charge is 0.321 e. The van der Waals surface area contributed by atoms with Crippen LogP contribution >= 0.6 is 0 Å². The standard InChI is InChI=1S/C12H14N4O5S/c13-22(20,21)9-3-1-8(2-4-9)14-10(17)5-16-6-11(18)15-12(19)7-16/h1-4H,5-7H2,(H,14,17)(H2,13,20,21)(H,15,18,19)/p+1. The van der Waals surface area contributed by atoms with Gasteiger partial charge in [-0.3, -0.25) is 19.7 Å². The van der Waals surface area contributed by atoms with Gasteiger partial charge < -0.3 is 10.2 Å². The van der Waals surface area contributed by atoms with Crippen LogP contribution < -0.4 is 20.7 Å². The van der Waals surface area contributed by atoms with Gasteiger partial charge in [0.25, 0.3) is 17.7 Å². The summed E-state index contributed by atoms with van der Waals surface area (Å²) in [5.74, 6) is -1.23. The summed E-state index contributed by atoms with van der Waals surface area (Å²) in [7, 11) is -3.78. The van der Waals surface area contributed by atoms with E-state index in [-0.39, 0.29) is 30.4 Å². The molecule has 0 spiro atoms. The van der Waals surface area contributed by atoms with Crippen molar-refractivity contribution in [2.24, 2.45) is 5.14 Å². The zero-order valence-corrected chi connectivity index (χ0v) is 12.3. The lowest BCUT2D eigenvalue weighted by Gasteiger charge is -2.21. The fraction of sp³-hybridized carbons (Fsp3) is 0.250. The molecule has 10 heteroatoms. The number of amides is 3. The molecule has 0 aliphatic carbocycles. The molecule has 1 aromatic rings. The van der Waals surface area contributed by atoms with Gasteiger partial charge in [0.05, 0.1) is 4.90 Å². The minimum Gasteiger partial charge on any atom is -0.321 e. The quantitative estimate of drug-likeness (QED) is 0.432. The first-order valence-corrected chi connectivity index (χ1v) is 7.87. The van der Waals surface area contributed by atoms with E-state index in [1.54, 1.807) is 0 Å². The third-order valence-corrected chi connectivity index (χ3v) is 3.91. The monoisotopic (exact) mass is 327 g/mol. The van der Waals surface area contributed by atoms with E-state index >= 15 is 0 Å². The van der Waals surface area contributed by atoms with Crippen molar-refractivity contribution in [2.75, 3.05) is 25.0 Å². The van der Waals surface area contributed by atoms with Crippen molar-refractivity contribution in [3.8, 4) is 0 Å². The zero-order valence-electron chi connectivity index (χ0n) is 11.5. The molecule has 1 fully saturated rings. The van der Waals surface area contributed by atoms with E-state index in [1.165, 1.54) is 24.3 Å². The number of hydrogen-bond donors (Lipinski definition) is 4. The number of hydrogen-bond acceptors (Lipinski definition) is 5. The highest BCUT2D eigenvalue weighted by Crippen LogP contribution is 2.12. The van der Waals surface area contributed by atoms with Crippen LogP contribution in [-0.2, 0) is 24.4 Å². The minimum atomic E-state index is -3.78. The minimum absolute atomic E-state index is 0.0452. The second-order valence-corrected chi connectivity index (χ2v) is 6.43. The van der Waals surface area contributed by atoms with Crippen molar-refractivity contribution in [3.05, 3.63) is 24.3 Å². The molecule has 2 rings (SSSR count). The number of primary sulfonamides is 1. The van der Waals surface area contributed by atoms with Gasteiger partial charge in [-0.25, -0.2) is 13.6 Å². The number of rotatable bonds is 4. The Labute approximate surface area is 126 Å². The molecule has 1 aliphatic heterocycles. The Kier molecular flexibility index (Phi) is 4.54. The maximum Gasteiger partial charge on any atom is 0.281 e. The molecule has 0 atom stereocenters. The average Bonchev–Trinajstić information content (AvgIpc) is 2.36. The summed E-state index contributed by atoms with van der Waals surface area (Å²) in [4.78, 5) is 34.7. The third-order valence-electron chi connectivity index (χ3n) is 2.98. The molecule has 0 aromatic heterocycles. The van der Waals surface area contributed by atoms with Crippen LogP contribution in [0.5, 0.6) is 0 Å². The van der Waals surface area contributed by atoms with Crippen molar-refractivity contribution >= 4 is 33.4 Å². The first kappa shape index (κ1) is 16.1. The molecule has 118 valence electrons. The van der Waals surface area contributed by atoms with E-state index in [0.717, 1.165) is 0 Å². The maximum atomic E-state index is 11.9. The molecule has 3 amide bonds. The van der Waals surface area contributed by atoms with Crippen molar-refractivity contribution in [3.63, 3.8) is 0 Å². The molecule has 9 nitrogen and oxygen atoms in total. The van der Waals surface area contributed by atoms with Crippen LogP contribution in [0.25, 0.3) is 0 Å². The molecular weight excluding hydrogens is 312 g/mol. The summed E-state index contributed by atoms with van der Waals surface area (Å²) in [5, 5.41) is 9.68. The predicted molar refractivity (Wildman–Crippen MR) is 75.2 cm³/mol. The summed E-state index contributed by atoms with van der Waals surface area (Å²) in [6.45, 7) is 0.0448. The number of nitrogens with one attached hydrogen (secondary N) is 3. The fourth-order valence-corrected chi connectivity index (χ4v) is 2.56. The third kappa shape index (κ3) is 4.35. The van der Waals surface area contributed by atoms with E-state index in [9.17, 15) is 22.8 Å². The summed E-state index contributed by atoms with van der Waals surface area (Å²) in [6.07, 6.45) is 0. The van der Waals surface area contributed by atoms with Crippen LogP contribution in [0.15, 0.2) is 29.2 Å². The van der Waals surface area contributed by atoms with Crippen LogP contribution in [0, 0.1) is 0 Å². The summed E-state index contributed by atoms with van der Waals surface area (Å²) in [5.41, 5.74) is 0.393. The molecule has 1 aliphatic rings. The van der Waals surface area contributed by atoms with E-state index in [4.69, 9.17) is 5.14 Å². The molecule has 1 heterocycles. The molecular formula is C12H15N4O5S+. The molecule has 0 unspecified atom stereocenters. The van der Waals surface area contributed by atoms with Crippen molar-refractivity contribution in [1.82, 2.24) is 5.32 Å². The lowest BCUT2D eigenvalue weighted by molar-refractivity contribution is -0.877. The Balaban J connectivity index is 1.94. The highest BCUT2D eigenvalue weighted by molar-refractivity contribution is 7.89. The number of nitrogens with two attached hydrogens (primary N) is 1. The van der Waals surface area contributed by atoms with E-state index in [0.29, 0.717) is 10.6 Å². The highest BCUT2D eigenvalue weighted by Gasteiger charge is 2.27. The van der Waals surface area contributed by atoms with Crippen LogP contribution in [0.2, 0.25) is 0 Å². The fourth-order valence-electron chi connectivity index (χ4n) is 2.05. The van der Waals surface area contributed by atoms with Gasteiger partial charge >= 0.3 is 0 Å². The van der Waals surface area contributed by atoms with E-state index < -0.39 is 21.8 Å². The summed E-state index contributed by atoms with van der Waals surface area (Å²) in [6, 6.07) is 5.35. The molecule has 1 saturated heterocycles. The van der Waals surface area contributed by atoms with Crippen molar-refractivity contribution in [1.29, 1.82) is 0 Å². The van der Waals surface area contributed by atoms with Crippen molar-refractivity contribution in [2.45, 2.75) is 4.90 Å². The first-order chi connectivity index (χ1) is 10.2. The number of piperazine rings is 1.